The Morgan fingerprint density at radius 1 is 0.913 bits per heavy atom. The zero-order valence-electron chi connectivity index (χ0n) is 39.4. The van der Waals surface area contributed by atoms with Crippen LogP contribution in [-0.4, -0.2) is 125 Å². The van der Waals surface area contributed by atoms with Crippen molar-refractivity contribution < 1.29 is 67.1 Å². The van der Waals surface area contributed by atoms with Gasteiger partial charge in [-0.3, -0.25) is 24.0 Å². The molecule has 69 heavy (non-hydrogen) atoms. The van der Waals surface area contributed by atoms with Gasteiger partial charge in [0.05, 0.1) is 19.2 Å². The molecule has 2 amide bonds. The number of aliphatic hydroxyl groups excluding tert-OH is 1. The number of esters is 4. The molecule has 1 aliphatic carbocycles. The second-order valence-electron chi connectivity index (χ2n) is 20.4. The van der Waals surface area contributed by atoms with E-state index in [0.717, 1.165) is 0 Å². The summed E-state index contributed by atoms with van der Waals surface area (Å²) in [5, 5.41) is 14.6. The molecule has 3 aromatic carbocycles. The Kier molecular flexibility index (Phi) is 13.0. The van der Waals surface area contributed by atoms with E-state index in [1.165, 1.54) is 16.0 Å². The molecule has 17 heteroatoms. The van der Waals surface area contributed by atoms with E-state index in [-0.39, 0.29) is 39.0 Å². The van der Waals surface area contributed by atoms with E-state index in [1.807, 2.05) is 60.7 Å². The molecule has 5 saturated heterocycles. The molecule has 5 aliphatic heterocycles. The van der Waals surface area contributed by atoms with Crippen molar-refractivity contribution in [3.8, 4) is 0 Å². The zero-order chi connectivity index (χ0) is 48.9. The number of rotatable bonds is 14. The lowest BCUT2D eigenvalue weighted by atomic mass is 9.62. The van der Waals surface area contributed by atoms with Crippen molar-refractivity contribution in [2.24, 2.45) is 10.8 Å². The number of carbonyl (C=O) groups excluding carboxylic acids is 6. The van der Waals surface area contributed by atoms with Crippen LogP contribution in [0.5, 0.6) is 0 Å². The first-order valence-electron chi connectivity index (χ1n) is 23.6. The SMILES string of the molecule is CC(C)(C)OC(=O)CCC(CO)NC(=O)C1CCCN1C(=O)C12CC3OC(=O)C1N(Cc1ccccc1C=CC(=O)OC1C(=O)OCC1(C)C)OC2C1OC(c2ccccc2)(c2ccccc2)OC31. The minimum atomic E-state index is -1.65. The Bertz CT molecular complexity index is 2450. The number of cyclic esters (lactones) is 1. The summed E-state index contributed by atoms with van der Waals surface area (Å²) in [6, 6.07) is 22.8. The summed E-state index contributed by atoms with van der Waals surface area (Å²) in [6.45, 7) is 8.61. The monoisotopic (exact) mass is 949 g/mol. The molecule has 17 nitrogen and oxygen atoms in total. The maximum absolute atomic E-state index is 15.8. The van der Waals surface area contributed by atoms with Crippen LogP contribution in [0.25, 0.3) is 6.08 Å². The Hall–Kier alpha value is -5.98. The Morgan fingerprint density at radius 2 is 1.58 bits per heavy atom. The third-order valence-electron chi connectivity index (χ3n) is 13.9. The summed E-state index contributed by atoms with van der Waals surface area (Å²) in [5.41, 5.74) is -0.537. The van der Waals surface area contributed by atoms with Crippen molar-refractivity contribution in [3.63, 3.8) is 0 Å². The molecule has 1 saturated carbocycles. The van der Waals surface area contributed by atoms with Gasteiger partial charge in [-0.25, -0.2) is 9.59 Å². The van der Waals surface area contributed by atoms with Gasteiger partial charge in [0, 0.05) is 42.0 Å². The Labute approximate surface area is 400 Å². The van der Waals surface area contributed by atoms with Crippen LogP contribution in [0.15, 0.2) is 91.0 Å². The predicted molar refractivity (Wildman–Crippen MR) is 243 cm³/mol. The van der Waals surface area contributed by atoms with Gasteiger partial charge in [0.25, 0.3) is 0 Å². The van der Waals surface area contributed by atoms with Crippen LogP contribution in [-0.2, 0) is 74.4 Å². The molecule has 0 aromatic heterocycles. The van der Waals surface area contributed by atoms with Gasteiger partial charge in [0.1, 0.15) is 48.1 Å². The Balaban J connectivity index is 1.05. The number of ether oxygens (including phenoxy) is 6. The number of likely N-dealkylation sites (tertiary alicyclic amines) is 1. The summed E-state index contributed by atoms with van der Waals surface area (Å²) >= 11 is 0. The highest BCUT2D eigenvalue weighted by atomic mass is 16.8. The van der Waals surface area contributed by atoms with E-state index < -0.39 is 113 Å². The van der Waals surface area contributed by atoms with E-state index in [0.29, 0.717) is 35.1 Å². The molecule has 6 fully saturated rings. The average molecular weight is 950 g/mol. The van der Waals surface area contributed by atoms with Crippen molar-refractivity contribution in [2.45, 2.75) is 133 Å². The van der Waals surface area contributed by atoms with Crippen LogP contribution in [0.3, 0.4) is 0 Å². The van der Waals surface area contributed by atoms with Gasteiger partial charge in [-0.1, -0.05) is 98.8 Å². The highest BCUT2D eigenvalue weighted by Gasteiger charge is 2.77. The first-order valence-corrected chi connectivity index (χ1v) is 23.6. The molecule has 0 radical (unpaired) electrons. The molecule has 366 valence electrons. The lowest BCUT2D eigenvalue weighted by Crippen LogP contribution is -2.70. The number of hydrogen-bond donors (Lipinski definition) is 2. The predicted octanol–water partition coefficient (Wildman–Crippen LogP) is 4.27. The van der Waals surface area contributed by atoms with Gasteiger partial charge in [0.15, 0.2) is 6.04 Å². The van der Waals surface area contributed by atoms with Gasteiger partial charge in [-0.15, -0.1) is 0 Å². The lowest BCUT2D eigenvalue weighted by molar-refractivity contribution is -0.214. The van der Waals surface area contributed by atoms with Crippen LogP contribution in [0, 0.1) is 10.8 Å². The third kappa shape index (κ3) is 9.06. The fraction of sp³-hybridized carbons (Fsp3) is 0.500. The molecule has 9 rings (SSSR count). The lowest BCUT2D eigenvalue weighted by Gasteiger charge is -2.50. The van der Waals surface area contributed by atoms with E-state index in [9.17, 15) is 29.1 Å². The number of hydrogen-bond acceptors (Lipinski definition) is 15. The first-order chi connectivity index (χ1) is 32.9. The standard InChI is InChI=1S/C52H59N3O14/c1-49(2,3)66-39(58)25-23-35(29-56)53-45(59)36-21-14-26-54(36)48(62)51-27-37-40-41(68-52(67-40,33-17-8-6-9-18-33)34-19-10-7-11-20-34)43(51)69-55(42(51)46(60)64-37)28-32-16-13-12-15-31(32)22-24-38(57)65-44-47(61)63-30-50(44,4)5/h6-13,15-20,22,24,35-37,40-44,56H,14,21,23,25-30H2,1-5H3,(H,53,59). The number of benzene rings is 3. The second kappa shape index (κ2) is 18.7. The van der Waals surface area contributed by atoms with E-state index in [4.69, 9.17) is 33.3 Å². The number of aliphatic hydroxyl groups is 1. The minimum Gasteiger partial charge on any atom is -0.462 e. The molecule has 6 aliphatic rings. The number of hydroxylamine groups is 2. The van der Waals surface area contributed by atoms with Crippen LogP contribution >= 0.6 is 0 Å². The fourth-order valence-electron chi connectivity index (χ4n) is 10.7. The van der Waals surface area contributed by atoms with Gasteiger partial charge in [0.2, 0.25) is 23.7 Å². The van der Waals surface area contributed by atoms with Crippen molar-refractivity contribution in [3.05, 3.63) is 113 Å². The van der Waals surface area contributed by atoms with Crippen LogP contribution in [0.2, 0.25) is 0 Å². The zero-order valence-corrected chi connectivity index (χ0v) is 39.4. The maximum atomic E-state index is 15.8. The van der Waals surface area contributed by atoms with E-state index in [1.54, 1.807) is 65.0 Å². The molecule has 0 spiro atoms. The first kappa shape index (κ1) is 48.1. The van der Waals surface area contributed by atoms with Crippen LogP contribution in [0.4, 0.5) is 0 Å². The van der Waals surface area contributed by atoms with Crippen molar-refractivity contribution in [1.29, 1.82) is 0 Å². The summed E-state index contributed by atoms with van der Waals surface area (Å²) in [5.74, 6) is -5.05. The smallest absolute Gasteiger partial charge is 0.348 e. The van der Waals surface area contributed by atoms with Gasteiger partial charge < -0.3 is 43.7 Å². The quantitative estimate of drug-likeness (QED) is 0.132. The molecular formula is C52H59N3O14. The van der Waals surface area contributed by atoms with Crippen molar-refractivity contribution in [2.75, 3.05) is 19.8 Å². The average Bonchev–Trinajstić information content (AvgIpc) is 4.12. The van der Waals surface area contributed by atoms with Gasteiger partial charge >= 0.3 is 23.9 Å². The molecule has 2 bridgehead atoms. The van der Waals surface area contributed by atoms with Crippen LogP contribution in [0.1, 0.15) is 89.0 Å². The highest BCUT2D eigenvalue weighted by Crippen LogP contribution is 2.60. The van der Waals surface area contributed by atoms with Gasteiger partial charge in [-0.2, -0.15) is 5.06 Å². The van der Waals surface area contributed by atoms with Crippen molar-refractivity contribution in [1.82, 2.24) is 15.3 Å². The molecule has 9 atom stereocenters. The maximum Gasteiger partial charge on any atom is 0.348 e. The van der Waals surface area contributed by atoms with Gasteiger partial charge in [-0.05, 0) is 57.2 Å². The molecular weight excluding hydrogens is 891 g/mol. The largest absolute Gasteiger partial charge is 0.462 e. The normalized spacial score (nSPS) is 29.2. The number of nitrogens with zero attached hydrogens (tertiary/aromatic N) is 2. The number of nitrogens with one attached hydrogen (secondary N) is 1. The Morgan fingerprint density at radius 3 is 2.23 bits per heavy atom. The van der Waals surface area contributed by atoms with Crippen molar-refractivity contribution >= 4 is 41.8 Å². The number of fused-ring (bicyclic) bond motifs is 4. The molecule has 5 heterocycles. The second-order valence-corrected chi connectivity index (χ2v) is 20.4. The molecule has 2 N–H and O–H groups in total. The fourth-order valence-corrected chi connectivity index (χ4v) is 10.7. The third-order valence-corrected chi connectivity index (χ3v) is 13.9. The molecule has 3 aromatic rings. The topological polar surface area (TPSA) is 206 Å². The summed E-state index contributed by atoms with van der Waals surface area (Å²) in [4.78, 5) is 91.3. The minimum absolute atomic E-state index is 0.0130. The summed E-state index contributed by atoms with van der Waals surface area (Å²) in [7, 11) is 0. The highest BCUT2D eigenvalue weighted by molar-refractivity contribution is 5.97. The number of amides is 2. The summed E-state index contributed by atoms with van der Waals surface area (Å²) < 4.78 is 36.6. The molecule has 9 unspecified atom stereocenters. The number of carbonyl (C=O) groups is 6. The van der Waals surface area contributed by atoms with E-state index in [2.05, 4.69) is 5.32 Å². The van der Waals surface area contributed by atoms with E-state index >= 15 is 4.79 Å². The van der Waals surface area contributed by atoms with Crippen LogP contribution < -0.4 is 5.32 Å². The summed E-state index contributed by atoms with van der Waals surface area (Å²) in [6.07, 6.45) is -1.43.